The zero-order chi connectivity index (χ0) is 12.8. The molecule has 0 aliphatic rings. The van der Waals surface area contributed by atoms with Gasteiger partial charge in [-0.15, -0.1) is 0 Å². The van der Waals surface area contributed by atoms with Gasteiger partial charge in [0.2, 0.25) is 5.91 Å². The summed E-state index contributed by atoms with van der Waals surface area (Å²) in [5.41, 5.74) is 0.477. The molecule has 2 N–H and O–H groups in total. The Bertz CT molecular complexity index is 374. The van der Waals surface area contributed by atoms with Gasteiger partial charge in [0.15, 0.2) is 0 Å². The van der Waals surface area contributed by atoms with Gasteiger partial charge in [0.05, 0.1) is 15.7 Å². The van der Waals surface area contributed by atoms with Gasteiger partial charge >= 0.3 is 0 Å². The van der Waals surface area contributed by atoms with Crippen LogP contribution < -0.4 is 10.6 Å². The van der Waals surface area contributed by atoms with Crippen molar-refractivity contribution in [2.24, 2.45) is 0 Å². The van der Waals surface area contributed by atoms with Crippen LogP contribution in [0.3, 0.4) is 0 Å². The highest BCUT2D eigenvalue weighted by molar-refractivity contribution is 6.39. The summed E-state index contributed by atoms with van der Waals surface area (Å²) in [5.74, 6) is -0.104. The Morgan fingerprint density at radius 2 is 1.88 bits per heavy atom. The number of para-hydroxylation sites is 1. The molecule has 0 saturated heterocycles. The maximum atomic E-state index is 11.6. The summed E-state index contributed by atoms with van der Waals surface area (Å²) >= 11 is 11.9. The van der Waals surface area contributed by atoms with Gasteiger partial charge in [0.25, 0.3) is 0 Å². The molecule has 0 aliphatic carbocycles. The molecule has 0 heterocycles. The lowest BCUT2D eigenvalue weighted by Gasteiger charge is -2.10. The van der Waals surface area contributed by atoms with Gasteiger partial charge in [-0.2, -0.15) is 0 Å². The monoisotopic (exact) mass is 274 g/mol. The van der Waals surface area contributed by atoms with E-state index in [0.717, 1.165) is 0 Å². The van der Waals surface area contributed by atoms with Crippen LogP contribution in [-0.4, -0.2) is 18.5 Å². The molecule has 0 bridgehead atoms. The zero-order valence-corrected chi connectivity index (χ0v) is 11.4. The number of halogens is 2. The fourth-order valence-electron chi connectivity index (χ4n) is 1.29. The molecule has 94 valence electrons. The highest BCUT2D eigenvalue weighted by Gasteiger charge is 2.09. The van der Waals surface area contributed by atoms with E-state index in [1.165, 1.54) is 0 Å². The summed E-state index contributed by atoms with van der Waals surface area (Å²) < 4.78 is 0. The van der Waals surface area contributed by atoms with Crippen molar-refractivity contribution in [2.75, 3.05) is 11.9 Å². The first-order valence-electron chi connectivity index (χ1n) is 5.48. The van der Waals surface area contributed by atoms with Crippen molar-refractivity contribution in [3.05, 3.63) is 28.2 Å². The molecule has 1 rings (SSSR count). The summed E-state index contributed by atoms with van der Waals surface area (Å²) in [7, 11) is 0. The first-order chi connectivity index (χ1) is 8.00. The molecule has 0 aliphatic heterocycles. The first kappa shape index (κ1) is 14.3. The molecular formula is C12H16Cl2N2O. The van der Waals surface area contributed by atoms with E-state index in [0.29, 0.717) is 34.7 Å². The van der Waals surface area contributed by atoms with Crippen LogP contribution in [0.15, 0.2) is 18.2 Å². The lowest BCUT2D eigenvalue weighted by molar-refractivity contribution is -0.116. The van der Waals surface area contributed by atoms with E-state index in [4.69, 9.17) is 23.2 Å². The van der Waals surface area contributed by atoms with Gasteiger partial charge < -0.3 is 10.6 Å². The molecule has 0 radical (unpaired) electrons. The summed E-state index contributed by atoms with van der Waals surface area (Å²) in [4.78, 5) is 11.6. The average Bonchev–Trinajstić information content (AvgIpc) is 2.23. The van der Waals surface area contributed by atoms with Gasteiger partial charge in [0, 0.05) is 19.0 Å². The lowest BCUT2D eigenvalue weighted by atomic mass is 10.3. The molecule has 1 aromatic rings. The van der Waals surface area contributed by atoms with Crippen LogP contribution in [0, 0.1) is 0 Å². The number of benzene rings is 1. The average molecular weight is 275 g/mol. The maximum Gasteiger partial charge on any atom is 0.225 e. The van der Waals surface area contributed by atoms with Crippen LogP contribution in [-0.2, 0) is 4.79 Å². The second kappa shape index (κ2) is 6.84. The topological polar surface area (TPSA) is 41.1 Å². The fraction of sp³-hybridized carbons (Fsp3) is 0.417. The van der Waals surface area contributed by atoms with Gasteiger partial charge in [-0.3, -0.25) is 4.79 Å². The summed E-state index contributed by atoms with van der Waals surface area (Å²) in [5, 5.41) is 6.77. The van der Waals surface area contributed by atoms with Crippen LogP contribution in [0.5, 0.6) is 0 Å². The molecule has 1 amide bonds. The number of rotatable bonds is 5. The number of anilines is 1. The normalized spacial score (nSPS) is 10.6. The van der Waals surface area contributed by atoms with Gasteiger partial charge in [-0.05, 0) is 12.1 Å². The van der Waals surface area contributed by atoms with Crippen molar-refractivity contribution in [2.45, 2.75) is 26.3 Å². The SMILES string of the molecule is CC(C)NCCC(=O)Nc1c(Cl)cccc1Cl. The Balaban J connectivity index is 2.51. The fourth-order valence-corrected chi connectivity index (χ4v) is 1.79. The number of nitrogens with one attached hydrogen (secondary N) is 2. The largest absolute Gasteiger partial charge is 0.324 e. The van der Waals surface area contributed by atoms with Gasteiger partial charge in [-0.1, -0.05) is 43.1 Å². The molecule has 5 heteroatoms. The minimum Gasteiger partial charge on any atom is -0.324 e. The van der Waals surface area contributed by atoms with Crippen molar-refractivity contribution in [3.8, 4) is 0 Å². The van der Waals surface area contributed by atoms with Gasteiger partial charge in [-0.25, -0.2) is 0 Å². The number of carbonyl (C=O) groups is 1. The Morgan fingerprint density at radius 3 is 2.41 bits per heavy atom. The zero-order valence-electron chi connectivity index (χ0n) is 9.89. The van der Waals surface area contributed by atoms with Crippen molar-refractivity contribution >= 4 is 34.8 Å². The lowest BCUT2D eigenvalue weighted by Crippen LogP contribution is -2.27. The van der Waals surface area contributed by atoms with E-state index in [9.17, 15) is 4.79 Å². The van der Waals surface area contributed by atoms with Crippen LogP contribution in [0.25, 0.3) is 0 Å². The third kappa shape index (κ3) is 4.94. The molecule has 0 saturated carbocycles. The smallest absolute Gasteiger partial charge is 0.225 e. The summed E-state index contributed by atoms with van der Waals surface area (Å²) in [6.45, 7) is 4.69. The predicted octanol–water partition coefficient (Wildman–Crippen LogP) is 3.32. The number of hydrogen-bond donors (Lipinski definition) is 2. The molecule has 3 nitrogen and oxygen atoms in total. The van der Waals surface area contributed by atoms with E-state index in [1.54, 1.807) is 18.2 Å². The number of amides is 1. The quantitative estimate of drug-likeness (QED) is 0.865. The first-order valence-corrected chi connectivity index (χ1v) is 6.23. The second-order valence-electron chi connectivity index (χ2n) is 4.00. The van der Waals surface area contributed by atoms with Gasteiger partial charge in [0.1, 0.15) is 0 Å². The van der Waals surface area contributed by atoms with Crippen LogP contribution >= 0.6 is 23.2 Å². The molecule has 0 aromatic heterocycles. The van der Waals surface area contributed by atoms with Crippen LogP contribution in [0.2, 0.25) is 10.0 Å². The molecule has 0 atom stereocenters. The van der Waals surface area contributed by atoms with Crippen molar-refractivity contribution in [1.82, 2.24) is 5.32 Å². The van der Waals surface area contributed by atoms with Crippen LogP contribution in [0.1, 0.15) is 20.3 Å². The highest BCUT2D eigenvalue weighted by atomic mass is 35.5. The Hall–Kier alpha value is -0.770. The molecular weight excluding hydrogens is 259 g/mol. The highest BCUT2D eigenvalue weighted by Crippen LogP contribution is 2.29. The van der Waals surface area contributed by atoms with E-state index in [1.807, 2.05) is 13.8 Å². The predicted molar refractivity (Wildman–Crippen MR) is 72.8 cm³/mol. The van der Waals surface area contributed by atoms with Crippen molar-refractivity contribution in [1.29, 1.82) is 0 Å². The minimum absolute atomic E-state index is 0.104. The number of hydrogen-bond acceptors (Lipinski definition) is 2. The third-order valence-corrected chi connectivity index (χ3v) is 2.76. The second-order valence-corrected chi connectivity index (χ2v) is 4.82. The standard InChI is InChI=1S/C12H16Cl2N2O/c1-8(2)15-7-6-11(17)16-12-9(13)4-3-5-10(12)14/h3-5,8,15H,6-7H2,1-2H3,(H,16,17). The number of carbonyl (C=O) groups excluding carboxylic acids is 1. The van der Waals surface area contributed by atoms with Crippen molar-refractivity contribution < 1.29 is 4.79 Å². The Morgan fingerprint density at radius 1 is 1.29 bits per heavy atom. The van der Waals surface area contributed by atoms with E-state index in [-0.39, 0.29) is 5.91 Å². The summed E-state index contributed by atoms with van der Waals surface area (Å²) in [6.07, 6.45) is 0.389. The van der Waals surface area contributed by atoms with E-state index < -0.39 is 0 Å². The molecule has 0 spiro atoms. The maximum absolute atomic E-state index is 11.6. The Kier molecular flexibility index (Phi) is 5.75. The van der Waals surface area contributed by atoms with E-state index in [2.05, 4.69) is 10.6 Å². The molecule has 0 unspecified atom stereocenters. The Labute approximate surface area is 111 Å². The minimum atomic E-state index is -0.104. The molecule has 17 heavy (non-hydrogen) atoms. The van der Waals surface area contributed by atoms with Crippen molar-refractivity contribution in [3.63, 3.8) is 0 Å². The molecule has 0 fully saturated rings. The molecule has 1 aromatic carbocycles. The summed E-state index contributed by atoms with van der Waals surface area (Å²) in [6, 6.07) is 5.48. The van der Waals surface area contributed by atoms with E-state index >= 15 is 0 Å². The van der Waals surface area contributed by atoms with Crippen LogP contribution in [0.4, 0.5) is 5.69 Å². The third-order valence-electron chi connectivity index (χ3n) is 2.13.